The van der Waals surface area contributed by atoms with Crippen molar-refractivity contribution in [2.24, 2.45) is 5.73 Å². The molecule has 1 amide bonds. The summed E-state index contributed by atoms with van der Waals surface area (Å²) < 4.78 is 1.88. The summed E-state index contributed by atoms with van der Waals surface area (Å²) in [6.07, 6.45) is 0.0559. The van der Waals surface area contributed by atoms with Crippen LogP contribution in [0.4, 0.5) is 0 Å². The minimum absolute atomic E-state index is 0.0559. The predicted octanol–water partition coefficient (Wildman–Crippen LogP) is 1.22. The molecule has 2 N–H and O–H groups in total. The Balaban J connectivity index is 1.99. The van der Waals surface area contributed by atoms with Crippen molar-refractivity contribution < 1.29 is 4.79 Å². The molecule has 3 rings (SSSR count). The van der Waals surface area contributed by atoms with Crippen molar-refractivity contribution in [2.75, 3.05) is 33.2 Å². The number of aromatic nitrogens is 3. The third-order valence-corrected chi connectivity index (χ3v) is 5.05. The quantitative estimate of drug-likeness (QED) is 0.871. The average Bonchev–Trinajstić information content (AvgIpc) is 2.97. The molecule has 0 spiro atoms. The van der Waals surface area contributed by atoms with Crippen molar-refractivity contribution in [3.05, 3.63) is 41.0 Å². The minimum Gasteiger partial charge on any atom is -0.369 e. The molecule has 1 aliphatic heterocycles. The highest BCUT2D eigenvalue weighted by Crippen LogP contribution is 2.25. The summed E-state index contributed by atoms with van der Waals surface area (Å²) >= 11 is 0. The predicted molar refractivity (Wildman–Crippen MR) is 101 cm³/mol. The molecule has 140 valence electrons. The third-order valence-electron chi connectivity index (χ3n) is 5.05. The summed E-state index contributed by atoms with van der Waals surface area (Å²) in [6.45, 7) is 10.4. The van der Waals surface area contributed by atoms with Gasteiger partial charge in [-0.3, -0.25) is 9.69 Å². The molecule has 1 fully saturated rings. The molecule has 26 heavy (non-hydrogen) atoms. The monoisotopic (exact) mass is 356 g/mol. The van der Waals surface area contributed by atoms with Crippen LogP contribution in [-0.4, -0.2) is 63.7 Å². The van der Waals surface area contributed by atoms with E-state index in [1.165, 1.54) is 5.56 Å². The van der Waals surface area contributed by atoms with Crippen LogP contribution in [-0.2, 0) is 11.2 Å². The van der Waals surface area contributed by atoms with E-state index in [9.17, 15) is 4.79 Å². The molecule has 0 bridgehead atoms. The van der Waals surface area contributed by atoms with Gasteiger partial charge in [0.05, 0.1) is 18.2 Å². The molecule has 1 aromatic heterocycles. The number of piperazine rings is 1. The Morgan fingerprint density at radius 2 is 1.92 bits per heavy atom. The molecule has 0 saturated carbocycles. The van der Waals surface area contributed by atoms with E-state index in [4.69, 9.17) is 5.73 Å². The Hall–Kier alpha value is -2.25. The van der Waals surface area contributed by atoms with Crippen molar-refractivity contribution in [1.82, 2.24) is 24.6 Å². The van der Waals surface area contributed by atoms with E-state index in [-0.39, 0.29) is 12.5 Å². The van der Waals surface area contributed by atoms with Gasteiger partial charge in [0, 0.05) is 26.2 Å². The van der Waals surface area contributed by atoms with Crippen molar-refractivity contribution >= 4 is 5.91 Å². The highest BCUT2D eigenvalue weighted by molar-refractivity contribution is 5.75. The molecule has 0 radical (unpaired) electrons. The van der Waals surface area contributed by atoms with Gasteiger partial charge in [-0.2, -0.15) is 5.10 Å². The number of carbonyl (C=O) groups excluding carboxylic acids is 1. The summed E-state index contributed by atoms with van der Waals surface area (Å²) in [5.41, 5.74) is 8.70. The number of nitrogens with zero attached hydrogens (tertiary/aromatic N) is 5. The van der Waals surface area contributed by atoms with Gasteiger partial charge >= 0.3 is 0 Å². The normalized spacial score (nSPS) is 17.4. The lowest BCUT2D eigenvalue weighted by Crippen LogP contribution is -2.45. The molecular formula is C19H28N6O. The SMILES string of the molecule is Cc1ccc(-n2nc(CC(N)=O)nc2C(C)N2CCN(C)CC2)c(C)c1. The molecule has 2 aromatic rings. The first-order chi connectivity index (χ1) is 12.3. The van der Waals surface area contributed by atoms with Gasteiger partial charge in [0.25, 0.3) is 0 Å². The Morgan fingerprint density at radius 3 is 2.54 bits per heavy atom. The van der Waals surface area contributed by atoms with Gasteiger partial charge in [-0.15, -0.1) is 0 Å². The number of primary amides is 1. The molecule has 2 heterocycles. The van der Waals surface area contributed by atoms with Gasteiger partial charge in [0.1, 0.15) is 5.82 Å². The number of hydrogen-bond acceptors (Lipinski definition) is 5. The standard InChI is InChI=1S/C19H28N6O/c1-13-5-6-16(14(2)11-13)25-19(21-18(22-25)12-17(20)26)15(3)24-9-7-23(4)8-10-24/h5-6,11,15H,7-10,12H2,1-4H3,(H2,20,26). The van der Waals surface area contributed by atoms with Crippen LogP contribution >= 0.6 is 0 Å². The van der Waals surface area contributed by atoms with Gasteiger partial charge in [-0.25, -0.2) is 9.67 Å². The maximum absolute atomic E-state index is 11.4. The van der Waals surface area contributed by atoms with E-state index in [0.717, 1.165) is 43.3 Å². The van der Waals surface area contributed by atoms with Gasteiger partial charge in [-0.05, 0) is 39.4 Å². The highest BCUT2D eigenvalue weighted by Gasteiger charge is 2.26. The van der Waals surface area contributed by atoms with Crippen LogP contribution in [0.1, 0.15) is 35.7 Å². The zero-order chi connectivity index (χ0) is 18.8. The summed E-state index contributed by atoms with van der Waals surface area (Å²) in [6, 6.07) is 6.38. The zero-order valence-corrected chi connectivity index (χ0v) is 16.1. The van der Waals surface area contributed by atoms with Gasteiger partial charge in [0.2, 0.25) is 5.91 Å². The number of likely N-dealkylation sites (N-methyl/N-ethyl adjacent to an activating group) is 1. The van der Waals surface area contributed by atoms with Crippen LogP contribution in [0.3, 0.4) is 0 Å². The molecule has 1 saturated heterocycles. The number of nitrogens with two attached hydrogens (primary N) is 1. The number of benzene rings is 1. The Bertz CT molecular complexity index is 791. The molecule has 0 aliphatic carbocycles. The lowest BCUT2D eigenvalue weighted by atomic mass is 10.1. The number of rotatable bonds is 5. The van der Waals surface area contributed by atoms with Crippen LogP contribution in [0.2, 0.25) is 0 Å². The summed E-state index contributed by atoms with van der Waals surface area (Å²) in [7, 11) is 2.14. The smallest absolute Gasteiger partial charge is 0.225 e. The van der Waals surface area contributed by atoms with Crippen molar-refractivity contribution in [3.8, 4) is 5.69 Å². The van der Waals surface area contributed by atoms with E-state index in [0.29, 0.717) is 5.82 Å². The topological polar surface area (TPSA) is 80.3 Å². The highest BCUT2D eigenvalue weighted by atomic mass is 16.1. The maximum Gasteiger partial charge on any atom is 0.225 e. The Kier molecular flexibility index (Phi) is 5.38. The van der Waals surface area contributed by atoms with Crippen molar-refractivity contribution in [1.29, 1.82) is 0 Å². The van der Waals surface area contributed by atoms with Gasteiger partial charge in [0.15, 0.2) is 5.82 Å². The van der Waals surface area contributed by atoms with E-state index in [1.54, 1.807) is 0 Å². The summed E-state index contributed by atoms with van der Waals surface area (Å²) in [5.74, 6) is 0.924. The lowest BCUT2D eigenvalue weighted by molar-refractivity contribution is -0.117. The summed E-state index contributed by atoms with van der Waals surface area (Å²) in [5, 5.41) is 4.61. The van der Waals surface area contributed by atoms with Crippen LogP contribution < -0.4 is 5.73 Å². The minimum atomic E-state index is -0.415. The number of hydrogen-bond donors (Lipinski definition) is 1. The van der Waals surface area contributed by atoms with E-state index in [2.05, 4.69) is 65.9 Å². The van der Waals surface area contributed by atoms with Crippen molar-refractivity contribution in [3.63, 3.8) is 0 Å². The van der Waals surface area contributed by atoms with Crippen LogP contribution in [0, 0.1) is 13.8 Å². The first-order valence-electron chi connectivity index (χ1n) is 9.09. The van der Waals surface area contributed by atoms with E-state index >= 15 is 0 Å². The fourth-order valence-corrected chi connectivity index (χ4v) is 3.46. The van der Waals surface area contributed by atoms with Crippen molar-refractivity contribution in [2.45, 2.75) is 33.2 Å². The fraction of sp³-hybridized carbons (Fsp3) is 0.526. The second-order valence-corrected chi connectivity index (χ2v) is 7.25. The largest absolute Gasteiger partial charge is 0.369 e. The molecule has 7 nitrogen and oxygen atoms in total. The van der Waals surface area contributed by atoms with Gasteiger partial charge < -0.3 is 10.6 Å². The third kappa shape index (κ3) is 3.94. The van der Waals surface area contributed by atoms with Crippen LogP contribution in [0.25, 0.3) is 5.69 Å². The second-order valence-electron chi connectivity index (χ2n) is 7.25. The average molecular weight is 356 g/mol. The van der Waals surface area contributed by atoms with Crippen LogP contribution in [0.5, 0.6) is 0 Å². The van der Waals surface area contributed by atoms with E-state index in [1.807, 2.05) is 4.68 Å². The molecule has 1 aromatic carbocycles. The van der Waals surface area contributed by atoms with Gasteiger partial charge in [-0.1, -0.05) is 17.7 Å². The zero-order valence-electron chi connectivity index (χ0n) is 16.1. The first-order valence-corrected chi connectivity index (χ1v) is 9.09. The molecule has 1 unspecified atom stereocenters. The number of carbonyl (C=O) groups is 1. The molecule has 1 aliphatic rings. The van der Waals surface area contributed by atoms with Crippen LogP contribution in [0.15, 0.2) is 18.2 Å². The molecule has 1 atom stereocenters. The van der Waals surface area contributed by atoms with E-state index < -0.39 is 5.91 Å². The first kappa shape index (κ1) is 18.5. The maximum atomic E-state index is 11.4. The lowest BCUT2D eigenvalue weighted by Gasteiger charge is -2.36. The number of amides is 1. The Labute approximate surface area is 154 Å². The second kappa shape index (κ2) is 7.55. The number of aryl methyl sites for hydroxylation is 2. The molecular weight excluding hydrogens is 328 g/mol. The molecule has 7 heteroatoms. The fourth-order valence-electron chi connectivity index (χ4n) is 3.46. The summed E-state index contributed by atoms with van der Waals surface area (Å²) in [4.78, 5) is 20.8. The Morgan fingerprint density at radius 1 is 1.23 bits per heavy atom.